The highest BCUT2D eigenvalue weighted by molar-refractivity contribution is 6.05. The van der Waals surface area contributed by atoms with E-state index in [1.54, 1.807) is 0 Å². The Hall–Kier alpha value is -16.7. The van der Waals surface area contributed by atoms with E-state index in [1.165, 1.54) is 32.7 Å². The minimum absolute atomic E-state index is 1.09. The highest BCUT2D eigenvalue weighted by Gasteiger charge is 2.25. The molecule has 0 aliphatic carbocycles. The number of rotatable bonds is 20. The van der Waals surface area contributed by atoms with E-state index >= 15 is 0 Å². The van der Waals surface area contributed by atoms with Gasteiger partial charge in [-0.15, -0.1) is 0 Å². The zero-order valence-electron chi connectivity index (χ0n) is 69.9. The van der Waals surface area contributed by atoms with Crippen molar-refractivity contribution in [3.05, 3.63) is 509 Å². The van der Waals surface area contributed by atoms with E-state index in [2.05, 4.69) is 549 Å². The van der Waals surface area contributed by atoms with Crippen molar-refractivity contribution in [1.82, 2.24) is 18.3 Å². The second kappa shape index (κ2) is 34.1. The van der Waals surface area contributed by atoms with Gasteiger partial charge in [-0.25, -0.2) is 0 Å². The molecule has 8 nitrogen and oxygen atoms in total. The number of fused-ring (bicyclic) bond motifs is 4. The predicted octanol–water partition coefficient (Wildman–Crippen LogP) is 32.3. The normalized spacial score (nSPS) is 11.3. The van der Waals surface area contributed by atoms with Gasteiger partial charge in [-0.05, 0) is 290 Å². The van der Waals surface area contributed by atoms with Crippen LogP contribution in [0, 0.1) is 13.8 Å². The fourth-order valence-electron chi connectivity index (χ4n) is 18.0. The molecule has 0 saturated carbocycles. The average molecular weight is 1620 g/mol. The topological polar surface area (TPSA) is 32.7 Å². The first-order valence-electron chi connectivity index (χ1n) is 43.0. The Bertz CT molecular complexity index is 6980. The first-order chi connectivity index (χ1) is 62.3. The van der Waals surface area contributed by atoms with Crippen LogP contribution < -0.4 is 19.6 Å². The van der Waals surface area contributed by atoms with Crippen molar-refractivity contribution in [3.63, 3.8) is 0 Å². The van der Waals surface area contributed by atoms with Crippen LogP contribution in [0.3, 0.4) is 0 Å². The van der Waals surface area contributed by atoms with Crippen molar-refractivity contribution in [2.45, 2.75) is 13.8 Å². The molecule has 22 rings (SSSR count). The maximum Gasteiger partial charge on any atom is 0.0542 e. The Morgan fingerprint density at radius 3 is 0.500 bits per heavy atom. The number of nitrogens with zero attached hydrogens (tertiary/aromatic N) is 8. The number of hydrogen-bond donors (Lipinski definition) is 0. The minimum atomic E-state index is 1.09. The van der Waals surface area contributed by atoms with E-state index < -0.39 is 0 Å². The monoisotopic (exact) mass is 1620 g/mol. The second-order valence-electron chi connectivity index (χ2n) is 32.0. The quantitative estimate of drug-likeness (QED) is 0.0761. The van der Waals surface area contributed by atoms with Crippen molar-refractivity contribution in [2.24, 2.45) is 0 Å². The van der Waals surface area contributed by atoms with Crippen LogP contribution in [0.15, 0.2) is 497 Å². The van der Waals surface area contributed by atoms with Gasteiger partial charge in [0, 0.05) is 113 Å². The van der Waals surface area contributed by atoms with Gasteiger partial charge < -0.3 is 37.9 Å². The second-order valence-corrected chi connectivity index (χ2v) is 32.0. The fourth-order valence-corrected chi connectivity index (χ4v) is 18.0. The van der Waals surface area contributed by atoms with E-state index in [4.69, 9.17) is 0 Å². The average Bonchev–Trinajstić information content (AvgIpc) is 1.58. The molecular weight excluding hydrogens is 1530 g/mol. The molecule has 8 heteroatoms. The van der Waals surface area contributed by atoms with E-state index in [1.807, 2.05) is 0 Å². The molecule has 126 heavy (non-hydrogen) atoms. The molecule has 4 heterocycles. The lowest BCUT2D eigenvalue weighted by Crippen LogP contribution is -2.10. The summed E-state index contributed by atoms with van der Waals surface area (Å²) in [5.74, 6) is 0. The Kier molecular flexibility index (Phi) is 20.7. The van der Waals surface area contributed by atoms with Crippen LogP contribution in [0.1, 0.15) is 11.1 Å². The van der Waals surface area contributed by atoms with Gasteiger partial charge in [-0.2, -0.15) is 0 Å². The van der Waals surface area contributed by atoms with E-state index in [9.17, 15) is 0 Å². The fraction of sp³-hybridized carbons (Fsp3) is 0.0169. The number of aromatic nitrogens is 4. The van der Waals surface area contributed by atoms with Crippen molar-refractivity contribution in [3.8, 4) is 67.8 Å². The third-order valence-electron chi connectivity index (χ3n) is 23.8. The standard InChI is InChI=1S/C60H46N4.C58H42N4/c1-43-17-15-27-55(37-43)61(49-23-11-5-12-24-49)51-29-33-53(34-30-51)63-57(45-19-7-3-8-20-45)39-47-42-60-48(41-59(47)63)40-58(46-21-9-4-10-22-46)64(60)54-35-31-52(32-36-54)62(50-25-13-6-14-26-50)56-28-16-18-44(2)38-56;1-7-19-43(20-8-1)55-39-45-41-58-46(42-57(45)61(55)53-35-31-51(32-36-53)59(47-23-11-3-12-24-47)48-25-13-4-14-26-48)40-56(44-21-9-2-10-22-44)62(58)54-37-33-52(34-38-54)60(49-27-15-5-16-28-49)50-29-17-6-18-30-50/h3-42H,1-2H3;1-42H. The van der Waals surface area contributed by atoms with E-state index in [0.29, 0.717) is 0 Å². The Labute approximate surface area is 735 Å². The van der Waals surface area contributed by atoms with Crippen LogP contribution >= 0.6 is 0 Å². The molecule has 0 amide bonds. The molecule has 0 bridgehead atoms. The van der Waals surface area contributed by atoms with E-state index in [0.717, 1.165) is 158 Å². The summed E-state index contributed by atoms with van der Waals surface area (Å²) in [4.78, 5) is 9.27. The largest absolute Gasteiger partial charge is 0.311 e. The van der Waals surface area contributed by atoms with Gasteiger partial charge in [0.05, 0.1) is 44.8 Å². The highest BCUT2D eigenvalue weighted by atomic mass is 15.2. The van der Waals surface area contributed by atoms with Crippen LogP contribution in [0.4, 0.5) is 68.2 Å². The van der Waals surface area contributed by atoms with Crippen LogP contribution in [0.2, 0.25) is 0 Å². The molecule has 0 radical (unpaired) electrons. The first-order valence-corrected chi connectivity index (χ1v) is 43.0. The summed E-state index contributed by atoms with van der Waals surface area (Å²) in [6, 6.07) is 179. The molecule has 0 aliphatic rings. The lowest BCUT2D eigenvalue weighted by molar-refractivity contribution is 1.13. The molecule has 4 aromatic heterocycles. The predicted molar refractivity (Wildman–Crippen MR) is 530 cm³/mol. The number of anilines is 12. The summed E-state index contributed by atoms with van der Waals surface area (Å²) < 4.78 is 9.68. The van der Waals surface area contributed by atoms with Gasteiger partial charge in [0.1, 0.15) is 0 Å². The van der Waals surface area contributed by atoms with Gasteiger partial charge in [-0.1, -0.05) is 255 Å². The van der Waals surface area contributed by atoms with E-state index in [-0.39, 0.29) is 0 Å². The van der Waals surface area contributed by atoms with Crippen LogP contribution in [0.5, 0.6) is 0 Å². The SMILES string of the molecule is Cc1cccc(N(c2ccccc2)c2ccc(-n3c(-c4ccccc4)cc4cc5c(cc(-c6ccccc6)n5-c5ccc(N(c6ccccc6)c6cccc(C)c6)cc5)cc43)cc2)c1.c1ccc(-c2cc3cc4c(cc(-c5ccccc5)n4-c4ccc(N(c5ccccc5)c5ccccc5)cc4)cc3n2-c2ccc(N(c3ccccc3)c3ccccc3)cc2)cc1. The minimum Gasteiger partial charge on any atom is -0.311 e. The lowest BCUT2D eigenvalue weighted by atomic mass is 10.1. The third kappa shape index (κ3) is 15.1. The maximum atomic E-state index is 2.42. The molecule has 600 valence electrons. The van der Waals surface area contributed by atoms with Crippen LogP contribution in [-0.2, 0) is 0 Å². The third-order valence-corrected chi connectivity index (χ3v) is 23.8. The molecule has 0 aliphatic heterocycles. The van der Waals surface area contributed by atoms with Crippen molar-refractivity contribution in [1.29, 1.82) is 0 Å². The highest BCUT2D eigenvalue weighted by Crippen LogP contribution is 2.46. The smallest absolute Gasteiger partial charge is 0.0542 e. The summed E-state index contributed by atoms with van der Waals surface area (Å²) in [5.41, 5.74) is 34.0. The Balaban J connectivity index is 0.000000154. The first kappa shape index (κ1) is 76.7. The van der Waals surface area contributed by atoms with Gasteiger partial charge in [0.15, 0.2) is 0 Å². The summed E-state index contributed by atoms with van der Waals surface area (Å²) in [5, 5.41) is 4.69. The van der Waals surface area contributed by atoms with Crippen LogP contribution in [-0.4, -0.2) is 18.3 Å². The van der Waals surface area contributed by atoms with Crippen molar-refractivity contribution < 1.29 is 0 Å². The zero-order valence-corrected chi connectivity index (χ0v) is 69.9. The molecule has 0 saturated heterocycles. The number of para-hydroxylation sites is 6. The lowest BCUT2D eigenvalue weighted by Gasteiger charge is -2.26. The molecule has 22 aromatic rings. The molecule has 0 unspecified atom stereocenters. The maximum absolute atomic E-state index is 2.42. The summed E-state index contributed by atoms with van der Waals surface area (Å²) in [6.07, 6.45) is 0. The molecule has 0 fully saturated rings. The summed E-state index contributed by atoms with van der Waals surface area (Å²) in [7, 11) is 0. The molecule has 0 spiro atoms. The number of benzene rings is 18. The molecular formula is C118H88N8. The van der Waals surface area contributed by atoms with Gasteiger partial charge in [0.25, 0.3) is 0 Å². The van der Waals surface area contributed by atoms with Crippen LogP contribution in [0.25, 0.3) is 111 Å². The zero-order chi connectivity index (χ0) is 84.2. The van der Waals surface area contributed by atoms with Crippen molar-refractivity contribution in [2.75, 3.05) is 19.6 Å². The Morgan fingerprint density at radius 1 is 0.143 bits per heavy atom. The van der Waals surface area contributed by atoms with Crippen molar-refractivity contribution >= 4 is 112 Å². The molecule has 18 aromatic carbocycles. The molecule has 0 N–H and O–H groups in total. The Morgan fingerprint density at radius 2 is 0.310 bits per heavy atom. The van der Waals surface area contributed by atoms with Gasteiger partial charge in [0.2, 0.25) is 0 Å². The summed E-state index contributed by atoms with van der Waals surface area (Å²) >= 11 is 0. The molecule has 0 atom stereocenters. The number of aryl methyl sites for hydroxylation is 2. The van der Waals surface area contributed by atoms with Gasteiger partial charge in [-0.3, -0.25) is 0 Å². The number of hydrogen-bond acceptors (Lipinski definition) is 4. The van der Waals surface area contributed by atoms with Gasteiger partial charge >= 0.3 is 0 Å². The summed E-state index contributed by atoms with van der Waals surface area (Å²) in [6.45, 7) is 4.30.